The molecule has 3 nitrogen and oxygen atoms in total. The minimum absolute atomic E-state index is 0.254. The molecule has 3 aromatic rings. The third-order valence-corrected chi connectivity index (χ3v) is 5.83. The van der Waals surface area contributed by atoms with E-state index in [-0.39, 0.29) is 6.61 Å². The molecule has 7 heteroatoms. The molecule has 3 rings (SSSR count). The molecule has 0 fully saturated rings. The molecule has 0 amide bonds. The number of benzene rings is 3. The molecule has 0 saturated carbocycles. The van der Waals surface area contributed by atoms with Crippen LogP contribution in [0, 0.1) is 11.3 Å². The van der Waals surface area contributed by atoms with Crippen LogP contribution in [0.5, 0.6) is 11.5 Å². The van der Waals surface area contributed by atoms with Gasteiger partial charge in [0.15, 0.2) is 11.5 Å². The summed E-state index contributed by atoms with van der Waals surface area (Å²) in [5.41, 5.74) is 2.79. The molecule has 0 aliphatic heterocycles. The van der Waals surface area contributed by atoms with Crippen LogP contribution in [-0.2, 0) is 6.61 Å². The summed E-state index contributed by atoms with van der Waals surface area (Å²) in [6.45, 7) is 2.61. The molecule has 31 heavy (non-hydrogen) atoms. The van der Waals surface area contributed by atoms with Gasteiger partial charge in [-0.15, -0.1) is 0 Å². The second kappa shape index (κ2) is 10.9. The van der Waals surface area contributed by atoms with Crippen molar-refractivity contribution in [1.82, 2.24) is 0 Å². The van der Waals surface area contributed by atoms with Crippen molar-refractivity contribution >= 4 is 62.4 Å². The lowest BCUT2D eigenvalue weighted by molar-refractivity contribution is 0.269. The molecule has 158 valence electrons. The maximum Gasteiger partial charge on any atom is 0.162 e. The summed E-state index contributed by atoms with van der Waals surface area (Å²) in [7, 11) is 0. The van der Waals surface area contributed by atoms with E-state index in [1.807, 2.05) is 37.3 Å². The maximum atomic E-state index is 9.65. The second-order valence-corrected chi connectivity index (χ2v) is 8.59. The Hall–Kier alpha value is -2.16. The normalized spacial score (nSPS) is 11.2. The zero-order chi connectivity index (χ0) is 22.4. The summed E-state index contributed by atoms with van der Waals surface area (Å²) in [6, 6.07) is 18.3. The Labute approximate surface area is 204 Å². The first-order chi connectivity index (χ1) is 14.9. The summed E-state index contributed by atoms with van der Waals surface area (Å²) >= 11 is 21.8. The Bertz CT molecular complexity index is 1170. The number of nitriles is 1. The Kier molecular flexibility index (Phi) is 8.28. The average molecular weight is 538 g/mol. The van der Waals surface area contributed by atoms with Gasteiger partial charge in [0, 0.05) is 25.1 Å². The fourth-order valence-corrected chi connectivity index (χ4v) is 3.92. The molecule has 0 N–H and O–H groups in total. The van der Waals surface area contributed by atoms with E-state index in [4.69, 9.17) is 44.3 Å². The van der Waals surface area contributed by atoms with E-state index in [1.165, 1.54) is 0 Å². The second-order valence-electron chi connectivity index (χ2n) is 6.46. The molecule has 0 spiro atoms. The Morgan fingerprint density at radius 3 is 2.42 bits per heavy atom. The van der Waals surface area contributed by atoms with Gasteiger partial charge in [-0.05, 0) is 60.5 Å². The number of nitrogens with zero attached hydrogens (tertiary/aromatic N) is 1. The highest BCUT2D eigenvalue weighted by atomic mass is 79.9. The van der Waals surface area contributed by atoms with E-state index in [2.05, 4.69) is 22.0 Å². The van der Waals surface area contributed by atoms with Crippen molar-refractivity contribution in [2.75, 3.05) is 6.61 Å². The third-order valence-electron chi connectivity index (χ3n) is 4.32. The van der Waals surface area contributed by atoms with Crippen molar-refractivity contribution < 1.29 is 9.47 Å². The zero-order valence-electron chi connectivity index (χ0n) is 16.5. The molecule has 0 heterocycles. The fraction of sp³-hybridized carbons (Fsp3) is 0.125. The first kappa shape index (κ1) is 23.5. The lowest BCUT2D eigenvalue weighted by Crippen LogP contribution is -2.01. The smallest absolute Gasteiger partial charge is 0.162 e. The van der Waals surface area contributed by atoms with E-state index in [1.54, 1.807) is 30.3 Å². The lowest BCUT2D eigenvalue weighted by Gasteiger charge is -2.15. The number of allylic oxidation sites excluding steroid dienone is 1. The molecular formula is C24H17BrCl3NO2. The molecular weight excluding hydrogens is 521 g/mol. The molecule has 3 aromatic carbocycles. The van der Waals surface area contributed by atoms with Gasteiger partial charge in [0.05, 0.1) is 18.2 Å². The molecule has 0 radical (unpaired) electrons. The predicted octanol–water partition coefficient (Wildman–Crippen LogP) is 8.45. The number of hydrogen-bond donors (Lipinski definition) is 0. The van der Waals surface area contributed by atoms with Crippen molar-refractivity contribution in [2.24, 2.45) is 0 Å². The SMILES string of the molecule is CCOc1cc(/C=C(\C#N)c2cccc(Cl)c2)c(Br)cc1OCc1ccc(Cl)cc1Cl. The minimum atomic E-state index is 0.254. The fourth-order valence-electron chi connectivity index (χ4n) is 2.83. The van der Waals surface area contributed by atoms with Crippen LogP contribution in [0.1, 0.15) is 23.6 Å². The van der Waals surface area contributed by atoms with Crippen LogP contribution >= 0.6 is 50.7 Å². The highest BCUT2D eigenvalue weighted by molar-refractivity contribution is 9.10. The van der Waals surface area contributed by atoms with Crippen LogP contribution < -0.4 is 9.47 Å². The Balaban J connectivity index is 1.93. The highest BCUT2D eigenvalue weighted by Crippen LogP contribution is 2.36. The number of halogens is 4. The Morgan fingerprint density at radius 2 is 1.74 bits per heavy atom. The first-order valence-corrected chi connectivity index (χ1v) is 11.2. The molecule has 0 unspecified atom stereocenters. The summed E-state index contributed by atoms with van der Waals surface area (Å²) in [4.78, 5) is 0. The summed E-state index contributed by atoms with van der Waals surface area (Å²) in [6.07, 6.45) is 1.78. The van der Waals surface area contributed by atoms with E-state index < -0.39 is 0 Å². The van der Waals surface area contributed by atoms with Crippen LogP contribution in [0.25, 0.3) is 11.6 Å². The van der Waals surface area contributed by atoms with Gasteiger partial charge in [0.25, 0.3) is 0 Å². The van der Waals surface area contributed by atoms with Gasteiger partial charge < -0.3 is 9.47 Å². The minimum Gasteiger partial charge on any atom is -0.490 e. The average Bonchev–Trinajstić information content (AvgIpc) is 2.73. The summed E-state index contributed by atoms with van der Waals surface area (Å²) in [5.74, 6) is 1.11. The Morgan fingerprint density at radius 1 is 1.00 bits per heavy atom. The van der Waals surface area contributed by atoms with Crippen molar-refractivity contribution in [3.8, 4) is 17.6 Å². The number of hydrogen-bond acceptors (Lipinski definition) is 3. The number of rotatable bonds is 7. The van der Waals surface area contributed by atoms with Crippen molar-refractivity contribution in [1.29, 1.82) is 5.26 Å². The van der Waals surface area contributed by atoms with Crippen LogP contribution in [-0.4, -0.2) is 6.61 Å². The third kappa shape index (κ3) is 6.18. The van der Waals surface area contributed by atoms with Crippen LogP contribution in [0.4, 0.5) is 0 Å². The van der Waals surface area contributed by atoms with E-state index in [0.29, 0.717) is 38.7 Å². The molecule has 0 bridgehead atoms. The van der Waals surface area contributed by atoms with Crippen LogP contribution in [0.3, 0.4) is 0 Å². The van der Waals surface area contributed by atoms with Gasteiger partial charge in [-0.1, -0.05) is 68.9 Å². The lowest BCUT2D eigenvalue weighted by atomic mass is 10.0. The highest BCUT2D eigenvalue weighted by Gasteiger charge is 2.13. The largest absolute Gasteiger partial charge is 0.490 e. The van der Waals surface area contributed by atoms with Crippen LogP contribution in [0.2, 0.25) is 15.1 Å². The summed E-state index contributed by atoms with van der Waals surface area (Å²) < 4.78 is 12.5. The van der Waals surface area contributed by atoms with E-state index in [9.17, 15) is 5.26 Å². The quantitative estimate of drug-likeness (QED) is 0.224. The van der Waals surface area contributed by atoms with Crippen LogP contribution in [0.15, 0.2) is 59.1 Å². The van der Waals surface area contributed by atoms with Crippen molar-refractivity contribution in [3.63, 3.8) is 0 Å². The monoisotopic (exact) mass is 535 g/mol. The first-order valence-electron chi connectivity index (χ1n) is 9.32. The van der Waals surface area contributed by atoms with E-state index >= 15 is 0 Å². The maximum absolute atomic E-state index is 9.65. The van der Waals surface area contributed by atoms with Gasteiger partial charge in [0.1, 0.15) is 6.61 Å². The molecule has 0 atom stereocenters. The summed E-state index contributed by atoms with van der Waals surface area (Å²) in [5, 5.41) is 11.3. The predicted molar refractivity (Wildman–Crippen MR) is 131 cm³/mol. The molecule has 0 aliphatic carbocycles. The number of ether oxygens (including phenoxy) is 2. The zero-order valence-corrected chi connectivity index (χ0v) is 20.3. The van der Waals surface area contributed by atoms with Gasteiger partial charge in [0.2, 0.25) is 0 Å². The molecule has 0 saturated heterocycles. The van der Waals surface area contributed by atoms with Crippen molar-refractivity contribution in [3.05, 3.63) is 90.8 Å². The topological polar surface area (TPSA) is 42.2 Å². The van der Waals surface area contributed by atoms with Gasteiger partial charge in [-0.2, -0.15) is 5.26 Å². The van der Waals surface area contributed by atoms with Crippen molar-refractivity contribution in [2.45, 2.75) is 13.5 Å². The van der Waals surface area contributed by atoms with Gasteiger partial charge in [-0.3, -0.25) is 0 Å². The van der Waals surface area contributed by atoms with Gasteiger partial charge in [-0.25, -0.2) is 0 Å². The molecule has 0 aliphatic rings. The standard InChI is InChI=1S/C24H17BrCl3NO2/c1-2-30-23-10-17(8-18(13-29)15-4-3-5-19(26)9-15)21(25)12-24(23)31-14-16-6-7-20(27)11-22(16)28/h3-12H,2,14H2,1H3/b18-8+. The van der Waals surface area contributed by atoms with E-state index in [0.717, 1.165) is 21.2 Å². The van der Waals surface area contributed by atoms with Gasteiger partial charge >= 0.3 is 0 Å². The molecule has 0 aromatic heterocycles.